The molecule has 0 spiro atoms. The summed E-state index contributed by atoms with van der Waals surface area (Å²) in [4.78, 5) is 5.73. The number of fused-ring (bicyclic) bond motifs is 1. The molecule has 2 rings (SSSR count). The summed E-state index contributed by atoms with van der Waals surface area (Å²) in [5.74, 6) is 0. The molecule has 0 radical (unpaired) electrons. The Morgan fingerprint density at radius 1 is 1.47 bits per heavy atom. The van der Waals surface area contributed by atoms with Crippen LogP contribution in [0.15, 0.2) is 0 Å². The normalized spacial score (nSPS) is 17.1. The molecule has 0 amide bonds. The number of halogens is 2. The molecule has 0 aromatic carbocycles. The van der Waals surface area contributed by atoms with Gasteiger partial charge < -0.3 is 11.1 Å². The molecule has 1 aliphatic carbocycles. The van der Waals surface area contributed by atoms with Gasteiger partial charge in [0.25, 0.3) is 0 Å². The summed E-state index contributed by atoms with van der Waals surface area (Å²) in [5, 5.41) is 4.29. The van der Waals surface area contributed by atoms with Crippen LogP contribution in [0.1, 0.15) is 30.3 Å². The van der Waals surface area contributed by atoms with E-state index in [1.54, 1.807) is 11.3 Å². The Balaban J connectivity index is 0. The van der Waals surface area contributed by atoms with E-state index in [-0.39, 0.29) is 38.3 Å². The van der Waals surface area contributed by atoms with E-state index >= 15 is 0 Å². The average molecular weight is 318 g/mol. The van der Waals surface area contributed by atoms with Crippen molar-refractivity contribution in [2.24, 2.45) is 0 Å². The summed E-state index contributed by atoms with van der Waals surface area (Å²) in [7, 11) is 0. The lowest BCUT2D eigenvalue weighted by Gasteiger charge is -2.21. The van der Waals surface area contributed by atoms with Crippen LogP contribution >= 0.6 is 49.6 Å². The van der Waals surface area contributed by atoms with Gasteiger partial charge in [0.2, 0.25) is 0 Å². The summed E-state index contributed by atoms with van der Waals surface area (Å²) in [6, 6.07) is 0.641. The van der Waals surface area contributed by atoms with Crippen LogP contribution < -0.4 is 11.1 Å². The molecule has 1 aromatic heterocycles. The van der Waals surface area contributed by atoms with Crippen LogP contribution in [-0.4, -0.2) is 17.6 Å². The molecular weight excluding hydrogens is 297 g/mol. The number of anilines is 1. The van der Waals surface area contributed by atoms with E-state index in [0.717, 1.165) is 24.5 Å². The monoisotopic (exact) mass is 317 g/mol. The highest BCUT2D eigenvalue weighted by molar-refractivity contribution is 7.59. The number of nitrogens with two attached hydrogens (primary N) is 1. The zero-order valence-corrected chi connectivity index (χ0v) is 13.3. The Hall–Kier alpha value is 0.320. The minimum Gasteiger partial charge on any atom is -0.375 e. The highest BCUT2D eigenvalue weighted by atomic mass is 35.5. The number of hydrogen-bond donors (Lipinski definition) is 2. The molecule has 0 saturated carbocycles. The van der Waals surface area contributed by atoms with Crippen molar-refractivity contribution in [3.05, 3.63) is 10.6 Å². The predicted octanol–water partition coefficient (Wildman–Crippen LogP) is 2.54. The third-order valence-electron chi connectivity index (χ3n) is 2.64. The topological polar surface area (TPSA) is 50.9 Å². The molecule has 17 heavy (non-hydrogen) atoms. The number of aromatic nitrogens is 1. The molecule has 1 aliphatic rings. The van der Waals surface area contributed by atoms with E-state index in [0.29, 0.717) is 6.04 Å². The maximum atomic E-state index is 5.69. The molecule has 1 atom stereocenters. The summed E-state index contributed by atoms with van der Waals surface area (Å²) >= 11 is 1.65. The van der Waals surface area contributed by atoms with Gasteiger partial charge in [-0.1, -0.05) is 6.92 Å². The lowest BCUT2D eigenvalue weighted by molar-refractivity contribution is 0.460. The second-order valence-electron chi connectivity index (χ2n) is 3.82. The molecule has 3 N–H and O–H groups in total. The number of nitrogens with one attached hydrogen (secondary N) is 1. The lowest BCUT2D eigenvalue weighted by Crippen LogP contribution is -2.34. The molecular formula is C10H21Cl2N3S2. The van der Waals surface area contributed by atoms with E-state index in [1.807, 2.05) is 0 Å². The lowest BCUT2D eigenvalue weighted by atomic mass is 9.98. The fourth-order valence-corrected chi connectivity index (χ4v) is 2.88. The van der Waals surface area contributed by atoms with Crippen LogP contribution in [0.2, 0.25) is 0 Å². The van der Waals surface area contributed by atoms with E-state index in [9.17, 15) is 0 Å². The highest BCUT2D eigenvalue weighted by Gasteiger charge is 2.21. The standard InChI is InChI=1S/C10H17N3S.2ClH.H2S/c1-2-5-12-7-3-4-8-9(6-7)14-10(11)13-8;;;/h7,12H,2-6H2,1H3,(H2,11,13);2*1H;1H2/t7-;;;/m0.../s1. The van der Waals surface area contributed by atoms with Gasteiger partial charge in [0.1, 0.15) is 0 Å². The highest BCUT2D eigenvalue weighted by Crippen LogP contribution is 2.27. The van der Waals surface area contributed by atoms with E-state index in [1.165, 1.54) is 23.4 Å². The van der Waals surface area contributed by atoms with E-state index < -0.39 is 0 Å². The predicted molar refractivity (Wildman–Crippen MR) is 85.5 cm³/mol. The van der Waals surface area contributed by atoms with Crippen LogP contribution in [0, 0.1) is 0 Å². The fraction of sp³-hybridized carbons (Fsp3) is 0.700. The molecule has 0 aliphatic heterocycles. The zero-order valence-electron chi connectivity index (χ0n) is 9.86. The fourth-order valence-electron chi connectivity index (χ4n) is 1.92. The Bertz CT molecular complexity index is 320. The van der Waals surface area contributed by atoms with Gasteiger partial charge in [0, 0.05) is 10.9 Å². The van der Waals surface area contributed by atoms with Gasteiger partial charge in [-0.25, -0.2) is 4.98 Å². The van der Waals surface area contributed by atoms with Crippen molar-refractivity contribution in [1.82, 2.24) is 10.3 Å². The van der Waals surface area contributed by atoms with Gasteiger partial charge in [-0.15, -0.1) is 36.2 Å². The smallest absolute Gasteiger partial charge is 0.180 e. The average Bonchev–Trinajstić information content (AvgIpc) is 2.54. The van der Waals surface area contributed by atoms with Gasteiger partial charge >= 0.3 is 0 Å². The molecule has 7 heteroatoms. The van der Waals surface area contributed by atoms with Crippen LogP contribution in [0.3, 0.4) is 0 Å². The second kappa shape index (κ2) is 9.28. The zero-order chi connectivity index (χ0) is 9.97. The van der Waals surface area contributed by atoms with Crippen molar-refractivity contribution in [3.8, 4) is 0 Å². The minimum absolute atomic E-state index is 0. The van der Waals surface area contributed by atoms with Crippen molar-refractivity contribution in [2.45, 2.75) is 38.6 Å². The molecule has 0 fully saturated rings. The van der Waals surface area contributed by atoms with Crippen LogP contribution in [0.25, 0.3) is 0 Å². The van der Waals surface area contributed by atoms with Gasteiger partial charge in [0.05, 0.1) is 5.69 Å². The minimum atomic E-state index is 0. The Labute approximate surface area is 126 Å². The van der Waals surface area contributed by atoms with Crippen LogP contribution in [-0.2, 0) is 12.8 Å². The Morgan fingerprint density at radius 2 is 2.18 bits per heavy atom. The number of thiazole rings is 1. The second-order valence-corrected chi connectivity index (χ2v) is 4.93. The third kappa shape index (κ3) is 5.22. The summed E-state index contributed by atoms with van der Waals surface area (Å²) < 4.78 is 0. The Morgan fingerprint density at radius 3 is 2.82 bits per heavy atom. The molecule has 102 valence electrons. The first-order valence-electron chi connectivity index (χ1n) is 5.27. The molecule has 3 nitrogen and oxygen atoms in total. The van der Waals surface area contributed by atoms with Crippen molar-refractivity contribution >= 4 is 54.8 Å². The molecule has 0 unspecified atom stereocenters. The molecule has 0 saturated heterocycles. The summed E-state index contributed by atoms with van der Waals surface area (Å²) in [6.45, 7) is 3.32. The maximum absolute atomic E-state index is 5.69. The number of rotatable bonds is 3. The van der Waals surface area contributed by atoms with Crippen molar-refractivity contribution < 1.29 is 0 Å². The molecule has 0 bridgehead atoms. The van der Waals surface area contributed by atoms with E-state index in [4.69, 9.17) is 5.73 Å². The number of hydrogen-bond acceptors (Lipinski definition) is 4. The first-order valence-corrected chi connectivity index (χ1v) is 6.08. The summed E-state index contributed by atoms with van der Waals surface area (Å²) in [6.07, 6.45) is 4.61. The number of nitrogen functional groups attached to an aromatic ring is 1. The quantitative estimate of drug-likeness (QED) is 0.900. The van der Waals surface area contributed by atoms with Crippen molar-refractivity contribution in [3.63, 3.8) is 0 Å². The first-order chi connectivity index (χ1) is 6.79. The molecule has 1 aromatic rings. The van der Waals surface area contributed by atoms with Crippen LogP contribution in [0.5, 0.6) is 0 Å². The number of aryl methyl sites for hydroxylation is 1. The Kier molecular flexibility index (Phi) is 10.7. The van der Waals surface area contributed by atoms with Crippen molar-refractivity contribution in [2.75, 3.05) is 12.3 Å². The van der Waals surface area contributed by atoms with Crippen molar-refractivity contribution in [1.29, 1.82) is 0 Å². The van der Waals surface area contributed by atoms with E-state index in [2.05, 4.69) is 17.2 Å². The van der Waals surface area contributed by atoms with Gasteiger partial charge in [-0.3, -0.25) is 0 Å². The van der Waals surface area contributed by atoms with Gasteiger partial charge in [-0.05, 0) is 32.2 Å². The SMILES string of the molecule is CCCN[C@H]1CCc2nc(N)sc2C1.Cl.Cl.S. The number of nitrogens with zero attached hydrogens (tertiary/aromatic N) is 1. The first kappa shape index (κ1) is 19.7. The summed E-state index contributed by atoms with van der Waals surface area (Å²) in [5.41, 5.74) is 6.93. The van der Waals surface area contributed by atoms with Gasteiger partial charge in [0.15, 0.2) is 5.13 Å². The third-order valence-corrected chi connectivity index (χ3v) is 3.59. The maximum Gasteiger partial charge on any atom is 0.180 e. The largest absolute Gasteiger partial charge is 0.375 e. The molecule has 1 heterocycles. The van der Waals surface area contributed by atoms with Crippen LogP contribution in [0.4, 0.5) is 5.13 Å². The van der Waals surface area contributed by atoms with Gasteiger partial charge in [-0.2, -0.15) is 13.5 Å².